The van der Waals surface area contributed by atoms with Crippen LogP contribution < -0.4 is 0 Å². The summed E-state index contributed by atoms with van der Waals surface area (Å²) in [5.74, 6) is -3.00. The lowest BCUT2D eigenvalue weighted by Crippen LogP contribution is -2.46. The van der Waals surface area contributed by atoms with Gasteiger partial charge in [-0.05, 0) is 22.0 Å². The van der Waals surface area contributed by atoms with Crippen molar-refractivity contribution < 1.29 is 15.0 Å². The zero-order valence-corrected chi connectivity index (χ0v) is 12.1. The van der Waals surface area contributed by atoms with Gasteiger partial charge in [-0.25, -0.2) is 0 Å². The summed E-state index contributed by atoms with van der Waals surface area (Å²) >= 11 is 0. The van der Waals surface area contributed by atoms with Crippen molar-refractivity contribution in [2.45, 2.75) is 47.3 Å². The summed E-state index contributed by atoms with van der Waals surface area (Å²) in [5.41, 5.74) is 0.909. The highest BCUT2D eigenvalue weighted by Crippen LogP contribution is 2.44. The Labute approximate surface area is 109 Å². The lowest BCUT2D eigenvalue weighted by molar-refractivity contribution is -0.168. The van der Waals surface area contributed by atoms with Crippen LogP contribution in [0.15, 0.2) is 23.3 Å². The maximum Gasteiger partial charge on any atom is 0.199 e. The van der Waals surface area contributed by atoms with Gasteiger partial charge in [-0.2, -0.15) is 0 Å². The smallest absolute Gasteiger partial charge is 0.199 e. The molecule has 1 unspecified atom stereocenters. The molecular formula is C15H24O3. The Morgan fingerprint density at radius 3 is 1.94 bits per heavy atom. The number of aldehydes is 1. The molecule has 0 spiro atoms. The molecule has 18 heavy (non-hydrogen) atoms. The Hall–Kier alpha value is -0.930. The molecule has 1 aliphatic rings. The zero-order chi connectivity index (χ0) is 14.4. The van der Waals surface area contributed by atoms with E-state index in [1.807, 2.05) is 47.6 Å². The molecule has 0 bridgehead atoms. The highest BCUT2D eigenvalue weighted by molar-refractivity contribution is 5.63. The summed E-state index contributed by atoms with van der Waals surface area (Å²) < 4.78 is 0. The fourth-order valence-electron chi connectivity index (χ4n) is 2.17. The van der Waals surface area contributed by atoms with Crippen molar-refractivity contribution in [3.8, 4) is 0 Å². The first-order valence-electron chi connectivity index (χ1n) is 6.25. The lowest BCUT2D eigenvalue weighted by Gasteiger charge is -2.41. The molecule has 0 amide bonds. The molecule has 0 aromatic rings. The third-order valence-corrected chi connectivity index (χ3v) is 3.34. The van der Waals surface area contributed by atoms with Crippen LogP contribution >= 0.6 is 0 Å². The third kappa shape index (κ3) is 2.73. The van der Waals surface area contributed by atoms with Gasteiger partial charge in [0.25, 0.3) is 0 Å². The highest BCUT2D eigenvalue weighted by atomic mass is 16.5. The van der Waals surface area contributed by atoms with Crippen LogP contribution in [0.1, 0.15) is 41.5 Å². The van der Waals surface area contributed by atoms with Crippen LogP contribution in [-0.2, 0) is 4.79 Å². The van der Waals surface area contributed by atoms with Crippen molar-refractivity contribution in [1.29, 1.82) is 0 Å². The molecule has 0 fully saturated rings. The van der Waals surface area contributed by atoms with Gasteiger partial charge < -0.3 is 15.0 Å². The monoisotopic (exact) mass is 252 g/mol. The van der Waals surface area contributed by atoms with Gasteiger partial charge in [0.1, 0.15) is 6.29 Å². The molecule has 102 valence electrons. The molecule has 0 radical (unpaired) electrons. The predicted octanol–water partition coefficient (Wildman–Crippen LogP) is 2.44. The molecule has 0 saturated carbocycles. The summed E-state index contributed by atoms with van der Waals surface area (Å²) in [5, 5.41) is 20.4. The maximum absolute atomic E-state index is 11.1. The molecule has 3 nitrogen and oxygen atoms in total. The standard InChI is InChI=1S/C15H24O3/c1-13(2,3)10-7-11(9-16)15(17,18)12(8-10)14(4,5)6/h7-9,11,17-18H,1-6H3. The van der Waals surface area contributed by atoms with E-state index in [4.69, 9.17) is 0 Å². The van der Waals surface area contributed by atoms with Crippen LogP contribution in [0.25, 0.3) is 0 Å². The van der Waals surface area contributed by atoms with Crippen molar-refractivity contribution in [1.82, 2.24) is 0 Å². The van der Waals surface area contributed by atoms with Gasteiger partial charge >= 0.3 is 0 Å². The molecule has 0 aromatic heterocycles. The Bertz CT molecular complexity index is 400. The third-order valence-electron chi connectivity index (χ3n) is 3.34. The summed E-state index contributed by atoms with van der Waals surface area (Å²) in [4.78, 5) is 11.1. The van der Waals surface area contributed by atoms with Gasteiger partial charge in [0.05, 0.1) is 5.92 Å². The SMILES string of the molecule is CC(C)(C)C1=CC(C=O)C(O)(O)C(C(C)(C)C)=C1. The number of carbonyl (C=O) groups excluding carboxylic acids is 1. The number of rotatable bonds is 1. The van der Waals surface area contributed by atoms with Crippen LogP contribution in [0.2, 0.25) is 0 Å². The van der Waals surface area contributed by atoms with E-state index in [0.717, 1.165) is 5.57 Å². The Balaban J connectivity index is 3.41. The van der Waals surface area contributed by atoms with Crippen LogP contribution in [0.3, 0.4) is 0 Å². The topological polar surface area (TPSA) is 57.5 Å². The average Bonchev–Trinajstić information content (AvgIpc) is 2.12. The molecule has 3 heteroatoms. The Morgan fingerprint density at radius 2 is 1.61 bits per heavy atom. The number of hydrogen-bond donors (Lipinski definition) is 2. The first-order chi connectivity index (χ1) is 7.90. The molecule has 1 atom stereocenters. The van der Waals surface area contributed by atoms with Gasteiger partial charge in [-0.15, -0.1) is 0 Å². The Morgan fingerprint density at radius 1 is 1.11 bits per heavy atom. The van der Waals surface area contributed by atoms with Crippen molar-refractivity contribution in [3.63, 3.8) is 0 Å². The van der Waals surface area contributed by atoms with E-state index < -0.39 is 17.1 Å². The van der Waals surface area contributed by atoms with E-state index in [-0.39, 0.29) is 5.41 Å². The first kappa shape index (κ1) is 15.1. The molecule has 0 aliphatic heterocycles. The van der Waals surface area contributed by atoms with Crippen molar-refractivity contribution in [2.75, 3.05) is 0 Å². The molecular weight excluding hydrogens is 228 g/mol. The normalized spacial score (nSPS) is 24.3. The predicted molar refractivity (Wildman–Crippen MR) is 71.8 cm³/mol. The quantitative estimate of drug-likeness (QED) is 0.556. The fourth-order valence-corrected chi connectivity index (χ4v) is 2.17. The summed E-state index contributed by atoms with van der Waals surface area (Å²) in [6.45, 7) is 11.9. The van der Waals surface area contributed by atoms with Gasteiger partial charge in [-0.3, -0.25) is 0 Å². The second kappa shape index (κ2) is 4.32. The molecule has 0 aromatic carbocycles. The van der Waals surface area contributed by atoms with Gasteiger partial charge in [0, 0.05) is 0 Å². The minimum Gasteiger partial charge on any atom is -0.361 e. The fraction of sp³-hybridized carbons (Fsp3) is 0.667. The summed E-state index contributed by atoms with van der Waals surface area (Å²) in [7, 11) is 0. The van der Waals surface area contributed by atoms with E-state index in [0.29, 0.717) is 11.9 Å². The molecule has 0 heterocycles. The number of carbonyl (C=O) groups is 1. The van der Waals surface area contributed by atoms with Crippen LogP contribution in [-0.4, -0.2) is 22.3 Å². The van der Waals surface area contributed by atoms with Gasteiger partial charge in [-0.1, -0.05) is 53.7 Å². The van der Waals surface area contributed by atoms with E-state index in [9.17, 15) is 15.0 Å². The van der Waals surface area contributed by atoms with Crippen molar-refractivity contribution >= 4 is 6.29 Å². The molecule has 1 rings (SSSR count). The highest BCUT2D eigenvalue weighted by Gasteiger charge is 2.45. The first-order valence-corrected chi connectivity index (χ1v) is 6.25. The second-order valence-corrected chi connectivity index (χ2v) is 7.07. The second-order valence-electron chi connectivity index (χ2n) is 7.07. The minimum absolute atomic E-state index is 0.131. The van der Waals surface area contributed by atoms with Crippen molar-refractivity contribution in [3.05, 3.63) is 23.3 Å². The zero-order valence-electron chi connectivity index (χ0n) is 12.1. The summed E-state index contributed by atoms with van der Waals surface area (Å²) in [6, 6.07) is 0. The largest absolute Gasteiger partial charge is 0.361 e. The van der Waals surface area contributed by atoms with E-state index in [2.05, 4.69) is 0 Å². The van der Waals surface area contributed by atoms with Gasteiger partial charge in [0.15, 0.2) is 5.79 Å². The van der Waals surface area contributed by atoms with Crippen molar-refractivity contribution in [2.24, 2.45) is 16.7 Å². The number of allylic oxidation sites excluding steroid dienone is 2. The summed E-state index contributed by atoms with van der Waals surface area (Å²) in [6.07, 6.45) is 4.08. The van der Waals surface area contributed by atoms with E-state index in [1.165, 1.54) is 0 Å². The molecule has 1 aliphatic carbocycles. The van der Waals surface area contributed by atoms with Crippen LogP contribution in [0, 0.1) is 16.7 Å². The molecule has 2 N–H and O–H groups in total. The lowest BCUT2D eigenvalue weighted by atomic mass is 9.69. The maximum atomic E-state index is 11.1. The minimum atomic E-state index is -2.09. The Kier molecular flexibility index (Phi) is 3.63. The van der Waals surface area contributed by atoms with Crippen LogP contribution in [0.5, 0.6) is 0 Å². The number of aliphatic hydroxyl groups is 2. The number of hydrogen-bond acceptors (Lipinski definition) is 3. The van der Waals surface area contributed by atoms with E-state index >= 15 is 0 Å². The molecule has 0 saturated heterocycles. The van der Waals surface area contributed by atoms with Crippen LogP contribution in [0.4, 0.5) is 0 Å². The average molecular weight is 252 g/mol. The van der Waals surface area contributed by atoms with Gasteiger partial charge in [0.2, 0.25) is 0 Å². The van der Waals surface area contributed by atoms with E-state index in [1.54, 1.807) is 6.08 Å².